The van der Waals surface area contributed by atoms with Gasteiger partial charge in [0.15, 0.2) is 5.78 Å². The number of anilines is 2. The fraction of sp³-hybridized carbons (Fsp3) is 0.0455. The lowest BCUT2D eigenvalue weighted by molar-refractivity contribution is 0.104. The molecule has 2 nitrogen and oxygen atoms in total. The molecule has 0 aliphatic heterocycles. The van der Waals surface area contributed by atoms with Gasteiger partial charge in [-0.15, -0.1) is 0 Å². The van der Waals surface area contributed by atoms with E-state index in [2.05, 4.69) is 33.0 Å². The SMILES string of the molecule is CN(c1ccccc1)c1ccc(C(=O)C=Cc2ccc(Br)cc2)cc1. The van der Waals surface area contributed by atoms with Crippen LogP contribution in [0.3, 0.4) is 0 Å². The number of hydrogen-bond acceptors (Lipinski definition) is 2. The predicted octanol–water partition coefficient (Wildman–Crippen LogP) is 6.11. The van der Waals surface area contributed by atoms with Crippen LogP contribution in [-0.4, -0.2) is 12.8 Å². The Morgan fingerprint density at radius 1 is 0.840 bits per heavy atom. The van der Waals surface area contributed by atoms with Gasteiger partial charge in [-0.25, -0.2) is 0 Å². The van der Waals surface area contributed by atoms with E-state index in [-0.39, 0.29) is 5.78 Å². The quantitative estimate of drug-likeness (QED) is 0.386. The molecule has 3 aromatic rings. The highest BCUT2D eigenvalue weighted by molar-refractivity contribution is 9.10. The van der Waals surface area contributed by atoms with Crippen molar-refractivity contribution in [2.45, 2.75) is 0 Å². The topological polar surface area (TPSA) is 20.3 Å². The molecule has 25 heavy (non-hydrogen) atoms. The van der Waals surface area contributed by atoms with Gasteiger partial charge in [0.2, 0.25) is 0 Å². The van der Waals surface area contributed by atoms with Crippen molar-refractivity contribution in [3.63, 3.8) is 0 Å². The molecule has 0 fully saturated rings. The smallest absolute Gasteiger partial charge is 0.185 e. The molecule has 0 aromatic heterocycles. The van der Waals surface area contributed by atoms with Crippen LogP contribution in [0.5, 0.6) is 0 Å². The van der Waals surface area contributed by atoms with E-state index in [1.165, 1.54) is 0 Å². The number of benzene rings is 3. The molecule has 0 N–H and O–H groups in total. The molecule has 3 rings (SSSR count). The molecule has 0 aliphatic rings. The van der Waals surface area contributed by atoms with Crippen molar-refractivity contribution in [2.24, 2.45) is 0 Å². The summed E-state index contributed by atoms with van der Waals surface area (Å²) < 4.78 is 1.02. The number of para-hydroxylation sites is 1. The van der Waals surface area contributed by atoms with Crippen molar-refractivity contribution in [2.75, 3.05) is 11.9 Å². The molecular formula is C22H18BrNO. The predicted molar refractivity (Wildman–Crippen MR) is 108 cm³/mol. The molecule has 0 bridgehead atoms. The van der Waals surface area contributed by atoms with E-state index < -0.39 is 0 Å². The first-order valence-electron chi connectivity index (χ1n) is 8.00. The minimum atomic E-state index is -0.00293. The highest BCUT2D eigenvalue weighted by Gasteiger charge is 2.06. The maximum absolute atomic E-state index is 12.3. The van der Waals surface area contributed by atoms with Gasteiger partial charge in [0.25, 0.3) is 0 Å². The van der Waals surface area contributed by atoms with Crippen molar-refractivity contribution >= 4 is 39.2 Å². The average molecular weight is 392 g/mol. The van der Waals surface area contributed by atoms with Crippen LogP contribution < -0.4 is 4.90 Å². The molecule has 124 valence electrons. The van der Waals surface area contributed by atoms with Crippen LogP contribution in [0.25, 0.3) is 6.08 Å². The number of allylic oxidation sites excluding steroid dienone is 1. The fourth-order valence-corrected chi connectivity index (χ4v) is 2.76. The van der Waals surface area contributed by atoms with Crippen molar-refractivity contribution in [1.29, 1.82) is 0 Å². The lowest BCUT2D eigenvalue weighted by Gasteiger charge is -2.19. The monoisotopic (exact) mass is 391 g/mol. The lowest BCUT2D eigenvalue weighted by atomic mass is 10.1. The maximum Gasteiger partial charge on any atom is 0.185 e. The van der Waals surface area contributed by atoms with Gasteiger partial charge >= 0.3 is 0 Å². The van der Waals surface area contributed by atoms with Gasteiger partial charge in [0.05, 0.1) is 0 Å². The molecule has 0 saturated carbocycles. The number of halogens is 1. The summed E-state index contributed by atoms with van der Waals surface area (Å²) in [4.78, 5) is 14.4. The highest BCUT2D eigenvalue weighted by Crippen LogP contribution is 2.23. The summed E-state index contributed by atoms with van der Waals surface area (Å²) in [6.45, 7) is 0. The van der Waals surface area contributed by atoms with E-state index in [1.54, 1.807) is 6.08 Å². The molecule has 0 saturated heterocycles. The van der Waals surface area contributed by atoms with Crippen molar-refractivity contribution in [3.05, 3.63) is 101 Å². The molecule has 0 amide bonds. The second-order valence-electron chi connectivity index (χ2n) is 5.69. The molecule has 0 spiro atoms. The minimum Gasteiger partial charge on any atom is -0.345 e. The lowest BCUT2D eigenvalue weighted by Crippen LogP contribution is -2.09. The van der Waals surface area contributed by atoms with Crippen LogP contribution in [0.1, 0.15) is 15.9 Å². The number of carbonyl (C=O) groups excluding carboxylic acids is 1. The zero-order chi connectivity index (χ0) is 17.6. The third kappa shape index (κ3) is 4.46. The summed E-state index contributed by atoms with van der Waals surface area (Å²) in [6.07, 6.45) is 3.44. The maximum atomic E-state index is 12.3. The third-order valence-electron chi connectivity index (χ3n) is 3.98. The summed E-state index contributed by atoms with van der Waals surface area (Å²) in [5.41, 5.74) is 3.83. The van der Waals surface area contributed by atoms with Crippen LogP contribution in [0, 0.1) is 0 Å². The number of hydrogen-bond donors (Lipinski definition) is 0. The van der Waals surface area contributed by atoms with Gasteiger partial charge < -0.3 is 4.90 Å². The molecule has 0 atom stereocenters. The average Bonchev–Trinajstić information content (AvgIpc) is 2.67. The van der Waals surface area contributed by atoms with Crippen molar-refractivity contribution in [1.82, 2.24) is 0 Å². The molecular weight excluding hydrogens is 374 g/mol. The Morgan fingerprint density at radius 2 is 1.44 bits per heavy atom. The van der Waals surface area contributed by atoms with Gasteiger partial charge in [-0.1, -0.05) is 52.3 Å². The number of carbonyl (C=O) groups is 1. The molecule has 3 aromatic carbocycles. The Morgan fingerprint density at radius 3 is 2.08 bits per heavy atom. The van der Waals surface area contributed by atoms with E-state index >= 15 is 0 Å². The van der Waals surface area contributed by atoms with Crippen LogP contribution in [0.15, 0.2) is 89.4 Å². The summed E-state index contributed by atoms with van der Waals surface area (Å²) in [5, 5.41) is 0. The Labute approximate surface area is 156 Å². The van der Waals surface area contributed by atoms with Crippen LogP contribution in [-0.2, 0) is 0 Å². The standard InChI is InChI=1S/C22H18BrNO/c1-24(20-5-3-2-4-6-20)21-14-10-18(11-15-21)22(25)16-9-17-7-12-19(23)13-8-17/h2-16H,1H3. The minimum absolute atomic E-state index is 0.00293. The van der Waals surface area contributed by atoms with E-state index in [9.17, 15) is 4.79 Å². The number of ketones is 1. The molecule has 0 aliphatic carbocycles. The van der Waals surface area contributed by atoms with Gasteiger partial charge in [-0.2, -0.15) is 0 Å². The Balaban J connectivity index is 1.71. The summed E-state index contributed by atoms with van der Waals surface area (Å²) >= 11 is 3.40. The molecule has 0 heterocycles. The van der Waals surface area contributed by atoms with Crippen molar-refractivity contribution < 1.29 is 4.79 Å². The van der Waals surface area contributed by atoms with Crippen LogP contribution in [0.2, 0.25) is 0 Å². The fourth-order valence-electron chi connectivity index (χ4n) is 2.49. The molecule has 0 unspecified atom stereocenters. The Hall–Kier alpha value is -2.65. The summed E-state index contributed by atoms with van der Waals surface area (Å²) in [7, 11) is 2.01. The van der Waals surface area contributed by atoms with Crippen LogP contribution >= 0.6 is 15.9 Å². The Kier molecular flexibility index (Phi) is 5.46. The van der Waals surface area contributed by atoms with E-state index in [4.69, 9.17) is 0 Å². The second kappa shape index (κ2) is 7.95. The van der Waals surface area contributed by atoms with Gasteiger partial charge in [0, 0.05) is 28.5 Å². The van der Waals surface area contributed by atoms with E-state index in [0.717, 1.165) is 21.4 Å². The molecule has 0 radical (unpaired) electrons. The van der Waals surface area contributed by atoms with Crippen LogP contribution in [0.4, 0.5) is 11.4 Å². The van der Waals surface area contributed by atoms with Gasteiger partial charge in [-0.3, -0.25) is 4.79 Å². The highest BCUT2D eigenvalue weighted by atomic mass is 79.9. The zero-order valence-electron chi connectivity index (χ0n) is 13.9. The number of rotatable bonds is 5. The second-order valence-corrected chi connectivity index (χ2v) is 6.61. The van der Waals surface area contributed by atoms with Gasteiger partial charge in [-0.05, 0) is 60.2 Å². The third-order valence-corrected chi connectivity index (χ3v) is 4.51. The first kappa shape index (κ1) is 17.2. The molecule has 3 heteroatoms. The van der Waals surface area contributed by atoms with E-state index in [0.29, 0.717) is 5.56 Å². The summed E-state index contributed by atoms with van der Waals surface area (Å²) in [6, 6.07) is 25.6. The summed E-state index contributed by atoms with van der Waals surface area (Å²) in [5.74, 6) is -0.00293. The largest absolute Gasteiger partial charge is 0.345 e. The van der Waals surface area contributed by atoms with Crippen molar-refractivity contribution in [3.8, 4) is 0 Å². The zero-order valence-corrected chi connectivity index (χ0v) is 15.5. The van der Waals surface area contributed by atoms with Gasteiger partial charge in [0.1, 0.15) is 0 Å². The normalized spacial score (nSPS) is 10.8. The van der Waals surface area contributed by atoms with E-state index in [1.807, 2.05) is 79.9 Å². The Bertz CT molecular complexity index is 868. The first-order chi connectivity index (χ1) is 12.1. The number of nitrogens with zero attached hydrogens (tertiary/aromatic N) is 1. The first-order valence-corrected chi connectivity index (χ1v) is 8.79.